The molecule has 1 aliphatic heterocycles. The first-order valence-electron chi connectivity index (χ1n) is 9.03. The number of hydrogen-bond acceptors (Lipinski definition) is 6. The van der Waals surface area contributed by atoms with E-state index in [0.29, 0.717) is 22.5 Å². The van der Waals surface area contributed by atoms with Crippen molar-refractivity contribution >= 4 is 0 Å². The molecule has 8 nitrogen and oxygen atoms in total. The van der Waals surface area contributed by atoms with E-state index in [-0.39, 0.29) is 23.2 Å². The number of allylic oxidation sites excluding steroid dienone is 1. The number of rotatable bonds is 3. The third kappa shape index (κ3) is 2.70. The number of nitrogens with zero attached hydrogens (tertiary/aromatic N) is 4. The molecular weight excluding hydrogens is 385 g/mol. The highest BCUT2D eigenvalue weighted by Gasteiger charge is 2.37. The van der Waals surface area contributed by atoms with Crippen LogP contribution in [0.1, 0.15) is 17.0 Å². The number of aromatic amines is 2. The highest BCUT2D eigenvalue weighted by molar-refractivity contribution is 5.74. The van der Waals surface area contributed by atoms with Gasteiger partial charge in [-0.1, -0.05) is 0 Å². The number of pyridine rings is 1. The molecule has 4 heterocycles. The Morgan fingerprint density at radius 2 is 1.77 bits per heavy atom. The summed E-state index contributed by atoms with van der Waals surface area (Å²) >= 11 is 0. The summed E-state index contributed by atoms with van der Waals surface area (Å²) in [6.07, 6.45) is 4.96. The highest BCUT2D eigenvalue weighted by Crippen LogP contribution is 2.47. The lowest BCUT2D eigenvalue weighted by Crippen LogP contribution is -2.21. The second kappa shape index (κ2) is 6.86. The Morgan fingerprint density at radius 3 is 2.50 bits per heavy atom. The summed E-state index contributed by atoms with van der Waals surface area (Å²) in [6, 6.07) is 11.8. The van der Waals surface area contributed by atoms with E-state index in [1.807, 2.05) is 12.1 Å². The molecule has 146 valence electrons. The van der Waals surface area contributed by atoms with Crippen molar-refractivity contribution in [1.82, 2.24) is 25.4 Å². The van der Waals surface area contributed by atoms with Gasteiger partial charge in [-0.25, -0.2) is 4.39 Å². The van der Waals surface area contributed by atoms with Crippen LogP contribution in [0.25, 0.3) is 22.5 Å². The van der Waals surface area contributed by atoms with Crippen LogP contribution in [0, 0.1) is 17.1 Å². The first kappa shape index (κ1) is 17.6. The van der Waals surface area contributed by atoms with Gasteiger partial charge >= 0.3 is 0 Å². The van der Waals surface area contributed by atoms with Gasteiger partial charge in [0, 0.05) is 29.1 Å². The Bertz CT molecular complexity index is 1300. The fourth-order valence-corrected chi connectivity index (χ4v) is 3.66. The number of aromatic nitrogens is 5. The predicted molar refractivity (Wildman–Crippen MR) is 105 cm³/mol. The Labute approximate surface area is 169 Å². The van der Waals surface area contributed by atoms with Gasteiger partial charge in [0.05, 0.1) is 29.1 Å². The maximum atomic E-state index is 13.4. The first-order valence-corrected chi connectivity index (χ1v) is 9.03. The van der Waals surface area contributed by atoms with Crippen LogP contribution >= 0.6 is 0 Å². The monoisotopic (exact) mass is 399 g/mol. The molecule has 9 heteroatoms. The number of benzene rings is 1. The number of nitrogens with two attached hydrogens (primary N) is 1. The van der Waals surface area contributed by atoms with Crippen molar-refractivity contribution in [3.8, 4) is 34.5 Å². The summed E-state index contributed by atoms with van der Waals surface area (Å²) in [5.74, 6) is -0.659. The van der Waals surface area contributed by atoms with Gasteiger partial charge in [-0.05, 0) is 36.4 Å². The maximum Gasteiger partial charge on any atom is 0.244 e. The van der Waals surface area contributed by atoms with Crippen molar-refractivity contribution in [1.29, 1.82) is 5.26 Å². The molecule has 1 unspecified atom stereocenters. The minimum Gasteiger partial charge on any atom is -0.420 e. The first-order chi connectivity index (χ1) is 14.7. The molecule has 1 atom stereocenters. The standard InChI is InChI=1S/C21H14FN7O/c22-13-3-1-11(2-4-13)18-15(10-26-27-18)16-14(9-23)20(24)30-21-17(16)19(28-29-21)12-5-7-25-8-6-12/h1-8,10,16H,24H2,(H,26,27)(H,28,29). The molecule has 3 aromatic heterocycles. The van der Waals surface area contributed by atoms with Gasteiger partial charge in [-0.3, -0.25) is 15.2 Å². The van der Waals surface area contributed by atoms with Crippen molar-refractivity contribution in [2.45, 2.75) is 5.92 Å². The van der Waals surface area contributed by atoms with E-state index in [2.05, 4.69) is 31.4 Å². The topological polar surface area (TPSA) is 129 Å². The van der Waals surface area contributed by atoms with Gasteiger partial charge in [0.2, 0.25) is 11.8 Å². The van der Waals surface area contributed by atoms with E-state index in [9.17, 15) is 9.65 Å². The molecule has 0 bridgehead atoms. The fraction of sp³-hybridized carbons (Fsp3) is 0.0476. The Balaban J connectivity index is 1.74. The average Bonchev–Trinajstić information content (AvgIpc) is 3.41. The van der Waals surface area contributed by atoms with Crippen LogP contribution in [0.3, 0.4) is 0 Å². The number of fused-ring (bicyclic) bond motifs is 1. The van der Waals surface area contributed by atoms with Crippen molar-refractivity contribution in [2.75, 3.05) is 0 Å². The van der Waals surface area contributed by atoms with Crippen LogP contribution in [0.15, 0.2) is 66.4 Å². The molecule has 0 fully saturated rings. The second-order valence-electron chi connectivity index (χ2n) is 6.69. The summed E-state index contributed by atoms with van der Waals surface area (Å²) in [6.45, 7) is 0. The Morgan fingerprint density at radius 1 is 1.03 bits per heavy atom. The Kier molecular flexibility index (Phi) is 4.03. The molecule has 0 radical (unpaired) electrons. The largest absolute Gasteiger partial charge is 0.420 e. The van der Waals surface area contributed by atoms with Crippen molar-refractivity contribution in [2.24, 2.45) is 5.73 Å². The minimum absolute atomic E-state index is 0.0194. The maximum absolute atomic E-state index is 13.4. The van der Waals surface area contributed by atoms with Crippen molar-refractivity contribution in [3.63, 3.8) is 0 Å². The van der Waals surface area contributed by atoms with Gasteiger partial charge < -0.3 is 10.5 Å². The number of hydrogen-bond donors (Lipinski definition) is 3. The number of nitrogens with one attached hydrogen (secondary N) is 2. The molecule has 0 saturated carbocycles. The van der Waals surface area contributed by atoms with Gasteiger partial charge in [0.15, 0.2) is 0 Å². The molecule has 0 amide bonds. The normalized spacial score (nSPS) is 15.4. The van der Waals surface area contributed by atoms with E-state index in [1.54, 1.807) is 30.7 Å². The Hall–Kier alpha value is -4.45. The average molecular weight is 399 g/mol. The van der Waals surface area contributed by atoms with E-state index in [4.69, 9.17) is 10.5 Å². The molecule has 0 aliphatic carbocycles. The lowest BCUT2D eigenvalue weighted by atomic mass is 9.82. The highest BCUT2D eigenvalue weighted by atomic mass is 19.1. The van der Waals surface area contributed by atoms with Crippen LogP contribution < -0.4 is 10.5 Å². The molecule has 1 aromatic carbocycles. The third-order valence-electron chi connectivity index (χ3n) is 5.02. The zero-order valence-electron chi connectivity index (χ0n) is 15.4. The van der Waals surface area contributed by atoms with E-state index < -0.39 is 5.92 Å². The lowest BCUT2D eigenvalue weighted by Gasteiger charge is -2.24. The van der Waals surface area contributed by atoms with Crippen molar-refractivity contribution in [3.05, 3.63) is 83.4 Å². The summed E-state index contributed by atoms with van der Waals surface area (Å²) in [5, 5.41) is 24.2. The molecule has 5 rings (SSSR count). The smallest absolute Gasteiger partial charge is 0.244 e. The number of halogens is 1. The van der Waals surface area contributed by atoms with Crippen molar-refractivity contribution < 1.29 is 9.13 Å². The summed E-state index contributed by atoms with van der Waals surface area (Å²) in [4.78, 5) is 4.05. The molecule has 30 heavy (non-hydrogen) atoms. The zero-order chi connectivity index (χ0) is 20.7. The van der Waals surface area contributed by atoms with Crippen LogP contribution in [-0.2, 0) is 0 Å². The zero-order valence-corrected chi connectivity index (χ0v) is 15.4. The van der Waals surface area contributed by atoms with E-state index >= 15 is 0 Å². The summed E-state index contributed by atoms with van der Waals surface area (Å²) < 4.78 is 19.0. The fourth-order valence-electron chi connectivity index (χ4n) is 3.66. The lowest BCUT2D eigenvalue weighted by molar-refractivity contribution is 0.379. The van der Waals surface area contributed by atoms with E-state index in [1.165, 1.54) is 12.1 Å². The van der Waals surface area contributed by atoms with Gasteiger partial charge in [-0.2, -0.15) is 10.4 Å². The molecular formula is C21H14FN7O. The van der Waals surface area contributed by atoms with Crippen LogP contribution in [0.4, 0.5) is 4.39 Å². The molecule has 1 aliphatic rings. The summed E-state index contributed by atoms with van der Waals surface area (Å²) in [5.41, 5.74) is 10.5. The quantitative estimate of drug-likeness (QED) is 0.485. The number of nitriles is 1. The minimum atomic E-state index is -0.584. The van der Waals surface area contributed by atoms with Gasteiger partial charge in [0.1, 0.15) is 17.5 Å². The van der Waals surface area contributed by atoms with Crippen LogP contribution in [0.5, 0.6) is 5.88 Å². The third-order valence-corrected chi connectivity index (χ3v) is 5.02. The van der Waals surface area contributed by atoms with Crippen LogP contribution in [-0.4, -0.2) is 25.4 Å². The van der Waals surface area contributed by atoms with Gasteiger partial charge in [-0.15, -0.1) is 5.10 Å². The number of ether oxygens (including phenoxy) is 1. The second-order valence-corrected chi connectivity index (χ2v) is 6.69. The van der Waals surface area contributed by atoms with E-state index in [0.717, 1.165) is 11.1 Å². The SMILES string of the molecule is N#CC1=C(N)Oc2n[nH]c(-c3ccncc3)c2C1c1cn[nH]c1-c1ccc(F)cc1. The molecule has 0 saturated heterocycles. The van der Waals surface area contributed by atoms with Gasteiger partial charge in [0.25, 0.3) is 0 Å². The van der Waals surface area contributed by atoms with Crippen LogP contribution in [0.2, 0.25) is 0 Å². The number of H-pyrrole nitrogens is 2. The molecule has 0 spiro atoms. The molecule has 4 N–H and O–H groups in total. The summed E-state index contributed by atoms with van der Waals surface area (Å²) in [7, 11) is 0. The molecule has 4 aromatic rings. The predicted octanol–water partition coefficient (Wildman–Crippen LogP) is 3.22.